The number of hydrogen-bond acceptors (Lipinski definition) is 4. The predicted octanol–water partition coefficient (Wildman–Crippen LogP) is 13.6. The molecule has 65 heavy (non-hydrogen) atoms. The number of alkyl halides is 2. The molecule has 0 aliphatic rings. The topological polar surface area (TPSA) is 47.9 Å². The van der Waals surface area contributed by atoms with Crippen molar-refractivity contribution in [3.8, 4) is 46.3 Å². The molecular weight excluding hydrogens is 846 g/mol. The number of methoxy groups -OCH3 is 1. The highest BCUT2D eigenvalue weighted by Crippen LogP contribution is 2.38. The molecule has 0 bridgehead atoms. The largest absolute Gasteiger partial charge is 0.494 e. The van der Waals surface area contributed by atoms with Crippen LogP contribution in [0.3, 0.4) is 0 Å². The number of unbranched alkanes of at least 4 members (excludes halogenated alkanes) is 3. The summed E-state index contributed by atoms with van der Waals surface area (Å²) in [5, 5.41) is 9.61. The Bertz CT molecular complexity index is 2520. The van der Waals surface area contributed by atoms with Gasteiger partial charge in [-0.3, -0.25) is 0 Å². The van der Waals surface area contributed by atoms with Crippen molar-refractivity contribution in [3.05, 3.63) is 188 Å². The highest BCUT2D eigenvalue weighted by molar-refractivity contribution is 5.65. The lowest BCUT2D eigenvalue weighted by Gasteiger charge is -2.20. The van der Waals surface area contributed by atoms with Crippen LogP contribution in [-0.2, 0) is 17.5 Å². The van der Waals surface area contributed by atoms with Gasteiger partial charge in [0.25, 0.3) is 0 Å². The van der Waals surface area contributed by atoms with Crippen molar-refractivity contribution in [2.24, 2.45) is 0 Å². The number of aliphatic hydroxyl groups is 1. The summed E-state index contributed by atoms with van der Waals surface area (Å²) >= 11 is 0. The highest BCUT2D eigenvalue weighted by atomic mass is 19.3. The molecule has 0 aromatic heterocycles. The number of benzene rings is 6. The van der Waals surface area contributed by atoms with Crippen LogP contribution in [-0.4, -0.2) is 25.4 Å². The number of rotatable bonds is 13. The van der Waals surface area contributed by atoms with Crippen LogP contribution < -0.4 is 9.47 Å². The second-order valence-electron chi connectivity index (χ2n) is 15.2. The molecule has 0 fully saturated rings. The summed E-state index contributed by atoms with van der Waals surface area (Å²) < 4.78 is 112. The SMILES string of the molecule is C.COCCCCCCOc1ccc(-c2cc(F)c(C(F)(F)Oc3cc(F)c(F)c(F)c3)c(F)c2)cc1.Cc1cc(C)cc(C#Cc2cc(C#Cc3cc(C)cc(C)c3)cc(CO)c2)c1. The molecule has 0 aliphatic carbocycles. The van der Waals surface area contributed by atoms with E-state index in [1.54, 1.807) is 19.2 Å². The monoisotopic (exact) mass is 896 g/mol. The quantitative estimate of drug-likeness (QED) is 0.0543. The summed E-state index contributed by atoms with van der Waals surface area (Å²) in [6.45, 7) is 9.47. The molecule has 0 radical (unpaired) electrons. The van der Waals surface area contributed by atoms with Crippen molar-refractivity contribution in [2.45, 2.75) is 73.5 Å². The molecule has 6 aromatic rings. The van der Waals surface area contributed by atoms with Gasteiger partial charge in [0.15, 0.2) is 17.5 Å². The zero-order valence-electron chi connectivity index (χ0n) is 36.1. The van der Waals surface area contributed by atoms with Crippen LogP contribution in [0.2, 0.25) is 0 Å². The Balaban J connectivity index is 0.000000288. The van der Waals surface area contributed by atoms with Crippen LogP contribution in [0.5, 0.6) is 11.5 Å². The Labute approximate surface area is 377 Å². The lowest BCUT2D eigenvalue weighted by Crippen LogP contribution is -2.25. The lowest BCUT2D eigenvalue weighted by atomic mass is 10.0. The first-order chi connectivity index (χ1) is 30.5. The number of aryl methyl sites for hydroxylation is 4. The van der Waals surface area contributed by atoms with Crippen molar-refractivity contribution in [1.82, 2.24) is 0 Å². The van der Waals surface area contributed by atoms with Crippen molar-refractivity contribution in [2.75, 3.05) is 20.3 Å². The maximum absolute atomic E-state index is 14.6. The minimum atomic E-state index is -4.65. The zero-order chi connectivity index (χ0) is 46.4. The van der Waals surface area contributed by atoms with E-state index in [0.717, 1.165) is 53.5 Å². The third-order valence-electron chi connectivity index (χ3n) is 9.56. The average Bonchev–Trinajstić information content (AvgIpc) is 3.23. The van der Waals surface area contributed by atoms with E-state index < -0.39 is 46.5 Å². The molecule has 0 spiro atoms. The van der Waals surface area contributed by atoms with E-state index in [1.165, 1.54) is 34.4 Å². The molecule has 0 heterocycles. The fourth-order valence-electron chi connectivity index (χ4n) is 6.75. The summed E-state index contributed by atoms with van der Waals surface area (Å²) in [6, 6.07) is 26.2. The van der Waals surface area contributed by atoms with Gasteiger partial charge in [-0.2, -0.15) is 8.78 Å². The highest BCUT2D eigenvalue weighted by Gasteiger charge is 2.41. The van der Waals surface area contributed by atoms with Gasteiger partial charge >= 0.3 is 6.11 Å². The maximum Gasteiger partial charge on any atom is 0.432 e. The van der Waals surface area contributed by atoms with E-state index in [-0.39, 0.29) is 31.7 Å². The van der Waals surface area contributed by atoms with Crippen LogP contribution in [0, 0.1) is 80.5 Å². The molecule has 0 saturated carbocycles. The summed E-state index contributed by atoms with van der Waals surface area (Å²) in [5.41, 5.74) is 7.86. The van der Waals surface area contributed by atoms with Crippen molar-refractivity contribution in [3.63, 3.8) is 0 Å². The van der Waals surface area contributed by atoms with Gasteiger partial charge in [-0.05, 0) is 153 Å². The first-order valence-corrected chi connectivity index (χ1v) is 20.4. The molecule has 4 nitrogen and oxygen atoms in total. The van der Waals surface area contributed by atoms with Crippen LogP contribution >= 0.6 is 0 Å². The summed E-state index contributed by atoms with van der Waals surface area (Å²) in [7, 11) is 1.65. The van der Waals surface area contributed by atoms with Gasteiger partial charge in [0, 0.05) is 48.1 Å². The molecule has 1 N–H and O–H groups in total. The molecular formula is C54H51F7O4. The summed E-state index contributed by atoms with van der Waals surface area (Å²) in [6.07, 6.45) is -0.837. The van der Waals surface area contributed by atoms with Crippen molar-refractivity contribution >= 4 is 0 Å². The Morgan fingerprint density at radius 2 is 0.954 bits per heavy atom. The molecule has 0 atom stereocenters. The van der Waals surface area contributed by atoms with E-state index >= 15 is 0 Å². The average molecular weight is 897 g/mol. The van der Waals surface area contributed by atoms with E-state index in [0.29, 0.717) is 36.7 Å². The van der Waals surface area contributed by atoms with Gasteiger partial charge in [-0.1, -0.05) is 61.8 Å². The zero-order valence-corrected chi connectivity index (χ0v) is 36.1. The van der Waals surface area contributed by atoms with E-state index in [2.05, 4.69) is 92.5 Å². The Kier molecular flexibility index (Phi) is 18.8. The molecule has 340 valence electrons. The van der Waals surface area contributed by atoms with Crippen LogP contribution in [0.25, 0.3) is 11.1 Å². The molecule has 0 unspecified atom stereocenters. The Hall–Kier alpha value is -6.53. The smallest absolute Gasteiger partial charge is 0.432 e. The van der Waals surface area contributed by atoms with Crippen LogP contribution in [0.15, 0.2) is 103 Å². The molecule has 11 heteroatoms. The first-order valence-electron chi connectivity index (χ1n) is 20.4. The fourth-order valence-corrected chi connectivity index (χ4v) is 6.75. The maximum atomic E-state index is 14.6. The van der Waals surface area contributed by atoms with Crippen LogP contribution in [0.4, 0.5) is 30.7 Å². The van der Waals surface area contributed by atoms with Gasteiger partial charge in [-0.15, -0.1) is 0 Å². The van der Waals surface area contributed by atoms with Crippen LogP contribution in [0.1, 0.15) is 88.7 Å². The second kappa shape index (κ2) is 24.0. The number of aliphatic hydroxyl groups excluding tert-OH is 1. The number of ether oxygens (including phenoxy) is 3. The Morgan fingerprint density at radius 3 is 1.40 bits per heavy atom. The summed E-state index contributed by atoms with van der Waals surface area (Å²) in [4.78, 5) is 0. The molecule has 6 rings (SSSR count). The minimum absolute atomic E-state index is 0. The van der Waals surface area contributed by atoms with Gasteiger partial charge in [0.1, 0.15) is 28.7 Å². The van der Waals surface area contributed by atoms with E-state index in [9.17, 15) is 35.8 Å². The predicted molar refractivity (Wildman–Crippen MR) is 241 cm³/mol. The lowest BCUT2D eigenvalue weighted by molar-refractivity contribution is -0.189. The summed E-state index contributed by atoms with van der Waals surface area (Å²) in [5.74, 6) is 3.49. The third-order valence-corrected chi connectivity index (χ3v) is 9.56. The normalized spacial score (nSPS) is 10.7. The second-order valence-corrected chi connectivity index (χ2v) is 15.2. The fraction of sp³-hybridized carbons (Fsp3) is 0.259. The molecule has 0 amide bonds. The number of halogens is 7. The first kappa shape index (κ1) is 51.1. The van der Waals surface area contributed by atoms with Gasteiger partial charge < -0.3 is 19.3 Å². The van der Waals surface area contributed by atoms with Crippen molar-refractivity contribution < 1.29 is 50.1 Å². The third kappa shape index (κ3) is 15.3. The van der Waals surface area contributed by atoms with E-state index in [1.807, 2.05) is 18.2 Å². The molecule has 6 aromatic carbocycles. The van der Waals surface area contributed by atoms with Gasteiger partial charge in [-0.25, -0.2) is 22.0 Å². The van der Waals surface area contributed by atoms with Gasteiger partial charge in [0.2, 0.25) is 0 Å². The molecule has 0 saturated heterocycles. The number of hydrogen-bond donors (Lipinski definition) is 1. The standard InChI is InChI=1S/C27H24O.C26H23F7O3.CH4/c1-19-9-20(2)12-23(11-19)5-7-25-15-26(17-27(16-25)18-28)8-6-24-13-21(3)10-22(4)14-24;1-34-10-4-2-3-5-11-35-18-8-6-16(7-9-18)17-12-20(27)24(21(28)13-17)26(32,33)36-19-14-22(29)25(31)23(30)15-19;/h9-17,28H,18H2,1-4H3;6-9,12-15H,2-5,10-11H2,1H3;1H4. The van der Waals surface area contributed by atoms with E-state index in [4.69, 9.17) is 9.47 Å². The van der Waals surface area contributed by atoms with Gasteiger partial charge in [0.05, 0.1) is 13.2 Å². The molecule has 0 aliphatic heterocycles. The Morgan fingerprint density at radius 1 is 0.508 bits per heavy atom. The minimum Gasteiger partial charge on any atom is -0.494 e. The van der Waals surface area contributed by atoms with Crippen molar-refractivity contribution in [1.29, 1.82) is 0 Å².